The number of aromatic nitrogens is 1. The highest BCUT2D eigenvalue weighted by molar-refractivity contribution is 7.22. The Balaban J connectivity index is 1.58. The number of rotatable bonds is 5. The number of ether oxygens (including phenoxy) is 1. The van der Waals surface area contributed by atoms with E-state index < -0.39 is 0 Å². The van der Waals surface area contributed by atoms with Crippen molar-refractivity contribution in [2.45, 2.75) is 12.8 Å². The van der Waals surface area contributed by atoms with Gasteiger partial charge in [0.1, 0.15) is 6.61 Å². The van der Waals surface area contributed by atoms with E-state index in [-0.39, 0.29) is 12.5 Å². The van der Waals surface area contributed by atoms with Crippen LogP contribution in [0, 0.1) is 5.92 Å². The molecule has 1 amide bonds. The molecule has 1 N–H and O–H groups in total. The molecule has 2 aromatic rings. The Morgan fingerprint density at radius 2 is 2.37 bits per heavy atom. The van der Waals surface area contributed by atoms with Gasteiger partial charge in [0.25, 0.3) is 5.91 Å². The smallest absolute Gasteiger partial charge is 0.252 e. The van der Waals surface area contributed by atoms with E-state index in [1.54, 1.807) is 6.07 Å². The number of amides is 1. The standard InChI is InChI=1S/C13H13ClN2O2S/c14-9-3-4-10-11(5-9)19-13(15-10)16-12(17)7-18-6-8-1-2-8/h3-5,8H,1-2,6-7H2,(H,15,16,17). The van der Waals surface area contributed by atoms with E-state index >= 15 is 0 Å². The first-order valence-corrected chi connectivity index (χ1v) is 7.34. The minimum atomic E-state index is -0.161. The second kappa shape index (κ2) is 5.45. The van der Waals surface area contributed by atoms with Gasteiger partial charge in [0.15, 0.2) is 5.13 Å². The van der Waals surface area contributed by atoms with Crippen molar-refractivity contribution in [1.29, 1.82) is 0 Å². The Morgan fingerprint density at radius 3 is 3.16 bits per heavy atom. The summed E-state index contributed by atoms with van der Waals surface area (Å²) < 4.78 is 6.29. The van der Waals surface area contributed by atoms with E-state index in [4.69, 9.17) is 16.3 Å². The van der Waals surface area contributed by atoms with Crippen molar-refractivity contribution in [2.24, 2.45) is 5.92 Å². The van der Waals surface area contributed by atoms with Crippen LogP contribution >= 0.6 is 22.9 Å². The van der Waals surface area contributed by atoms with Crippen LogP contribution in [-0.2, 0) is 9.53 Å². The third-order valence-electron chi connectivity index (χ3n) is 2.88. The van der Waals surface area contributed by atoms with Crippen LogP contribution in [0.1, 0.15) is 12.8 Å². The summed E-state index contributed by atoms with van der Waals surface area (Å²) in [5.74, 6) is 0.503. The molecule has 0 unspecified atom stereocenters. The maximum absolute atomic E-state index is 11.7. The largest absolute Gasteiger partial charge is 0.371 e. The van der Waals surface area contributed by atoms with E-state index in [2.05, 4.69) is 10.3 Å². The lowest BCUT2D eigenvalue weighted by atomic mass is 10.3. The van der Waals surface area contributed by atoms with Crippen molar-refractivity contribution >= 4 is 44.2 Å². The second-order valence-corrected chi connectivity index (χ2v) is 6.10. The van der Waals surface area contributed by atoms with Crippen LogP contribution in [0.2, 0.25) is 5.02 Å². The molecule has 1 fully saturated rings. The molecule has 1 saturated carbocycles. The van der Waals surface area contributed by atoms with Crippen LogP contribution in [-0.4, -0.2) is 24.1 Å². The molecule has 0 atom stereocenters. The van der Waals surface area contributed by atoms with Gasteiger partial charge in [-0.2, -0.15) is 0 Å². The summed E-state index contributed by atoms with van der Waals surface area (Å²) >= 11 is 7.32. The molecular formula is C13H13ClN2O2S. The number of nitrogens with zero attached hydrogens (tertiary/aromatic N) is 1. The average Bonchev–Trinajstić information content (AvgIpc) is 3.09. The van der Waals surface area contributed by atoms with Crippen molar-refractivity contribution in [3.05, 3.63) is 23.2 Å². The summed E-state index contributed by atoms with van der Waals surface area (Å²) in [5.41, 5.74) is 0.837. The molecule has 6 heteroatoms. The molecule has 1 aromatic heterocycles. The second-order valence-electron chi connectivity index (χ2n) is 4.64. The zero-order valence-electron chi connectivity index (χ0n) is 10.2. The summed E-state index contributed by atoms with van der Waals surface area (Å²) in [6.07, 6.45) is 2.44. The number of benzene rings is 1. The minimum absolute atomic E-state index is 0.0905. The average molecular weight is 297 g/mol. The summed E-state index contributed by atoms with van der Waals surface area (Å²) in [6, 6.07) is 5.47. The molecule has 0 radical (unpaired) electrons. The van der Waals surface area contributed by atoms with E-state index in [0.717, 1.165) is 10.2 Å². The monoisotopic (exact) mass is 296 g/mol. The number of halogens is 1. The van der Waals surface area contributed by atoms with Crippen molar-refractivity contribution in [3.8, 4) is 0 Å². The summed E-state index contributed by atoms with van der Waals surface area (Å²) in [4.78, 5) is 16.0. The van der Waals surface area contributed by atoms with Gasteiger partial charge in [0, 0.05) is 5.02 Å². The lowest BCUT2D eigenvalue weighted by molar-refractivity contribution is -0.120. The molecular weight excluding hydrogens is 284 g/mol. The zero-order chi connectivity index (χ0) is 13.2. The highest BCUT2D eigenvalue weighted by Gasteiger charge is 2.21. The molecule has 3 rings (SSSR count). The SMILES string of the molecule is O=C(COCC1CC1)Nc1nc2ccc(Cl)cc2s1. The van der Waals surface area contributed by atoms with Gasteiger partial charge in [-0.1, -0.05) is 22.9 Å². The van der Waals surface area contributed by atoms with Gasteiger partial charge in [-0.3, -0.25) is 10.1 Å². The Labute approximate surface area is 119 Å². The number of hydrogen-bond acceptors (Lipinski definition) is 4. The zero-order valence-corrected chi connectivity index (χ0v) is 11.8. The molecule has 100 valence electrons. The number of carbonyl (C=O) groups is 1. The van der Waals surface area contributed by atoms with Gasteiger partial charge < -0.3 is 4.74 Å². The van der Waals surface area contributed by atoms with Crippen molar-refractivity contribution in [3.63, 3.8) is 0 Å². The third-order valence-corrected chi connectivity index (χ3v) is 4.05. The number of fused-ring (bicyclic) bond motifs is 1. The number of thiazole rings is 1. The van der Waals surface area contributed by atoms with E-state index in [0.29, 0.717) is 22.7 Å². The lowest BCUT2D eigenvalue weighted by Gasteiger charge is -2.02. The van der Waals surface area contributed by atoms with E-state index in [1.807, 2.05) is 12.1 Å². The van der Waals surface area contributed by atoms with Crippen LogP contribution < -0.4 is 5.32 Å². The number of nitrogens with one attached hydrogen (secondary N) is 1. The van der Waals surface area contributed by atoms with Crippen LogP contribution in [0.25, 0.3) is 10.2 Å². The molecule has 1 aromatic carbocycles. The molecule has 0 aliphatic heterocycles. The number of hydrogen-bond donors (Lipinski definition) is 1. The first-order chi connectivity index (χ1) is 9.20. The van der Waals surface area contributed by atoms with E-state index in [9.17, 15) is 4.79 Å². The molecule has 1 aliphatic rings. The topological polar surface area (TPSA) is 51.2 Å². The predicted octanol–water partition coefficient (Wildman–Crippen LogP) is 3.31. The molecule has 1 aliphatic carbocycles. The Morgan fingerprint density at radius 1 is 1.53 bits per heavy atom. The van der Waals surface area contributed by atoms with Crippen LogP contribution in [0.15, 0.2) is 18.2 Å². The summed E-state index contributed by atoms with van der Waals surface area (Å²) in [6.45, 7) is 0.774. The van der Waals surface area contributed by atoms with Crippen LogP contribution in [0.4, 0.5) is 5.13 Å². The molecule has 19 heavy (non-hydrogen) atoms. The van der Waals surface area contributed by atoms with Gasteiger partial charge in [-0.25, -0.2) is 4.98 Å². The first-order valence-electron chi connectivity index (χ1n) is 6.14. The molecule has 4 nitrogen and oxygen atoms in total. The molecule has 1 heterocycles. The summed E-state index contributed by atoms with van der Waals surface area (Å²) in [7, 11) is 0. The lowest BCUT2D eigenvalue weighted by Crippen LogP contribution is -2.18. The molecule has 0 spiro atoms. The van der Waals surface area contributed by atoms with Crippen LogP contribution in [0.5, 0.6) is 0 Å². The molecule has 0 bridgehead atoms. The van der Waals surface area contributed by atoms with E-state index in [1.165, 1.54) is 24.2 Å². The van der Waals surface area contributed by atoms with Crippen molar-refractivity contribution in [1.82, 2.24) is 4.98 Å². The summed E-state index contributed by atoms with van der Waals surface area (Å²) in [5, 5.41) is 3.99. The normalized spacial score (nSPS) is 14.8. The third kappa shape index (κ3) is 3.43. The number of anilines is 1. The Kier molecular flexibility index (Phi) is 3.68. The Bertz CT molecular complexity index is 610. The van der Waals surface area contributed by atoms with Gasteiger partial charge in [0.05, 0.1) is 16.8 Å². The predicted molar refractivity (Wildman–Crippen MR) is 76.8 cm³/mol. The quantitative estimate of drug-likeness (QED) is 0.921. The highest BCUT2D eigenvalue weighted by atomic mass is 35.5. The maximum atomic E-state index is 11.7. The van der Waals surface area contributed by atoms with Gasteiger partial charge in [0.2, 0.25) is 0 Å². The van der Waals surface area contributed by atoms with Crippen molar-refractivity contribution in [2.75, 3.05) is 18.5 Å². The van der Waals surface area contributed by atoms with Gasteiger partial charge >= 0.3 is 0 Å². The fourth-order valence-corrected chi connectivity index (χ4v) is 2.87. The highest BCUT2D eigenvalue weighted by Crippen LogP contribution is 2.29. The van der Waals surface area contributed by atoms with Gasteiger partial charge in [-0.05, 0) is 37.0 Å². The first kappa shape index (κ1) is 12.8. The number of carbonyl (C=O) groups excluding carboxylic acids is 1. The Hall–Kier alpha value is -1.17. The fraction of sp³-hybridized carbons (Fsp3) is 0.385. The van der Waals surface area contributed by atoms with Gasteiger partial charge in [-0.15, -0.1) is 0 Å². The van der Waals surface area contributed by atoms with Crippen LogP contribution in [0.3, 0.4) is 0 Å². The fourth-order valence-electron chi connectivity index (χ4n) is 1.71. The van der Waals surface area contributed by atoms with Crippen molar-refractivity contribution < 1.29 is 9.53 Å². The minimum Gasteiger partial charge on any atom is -0.371 e. The molecule has 0 saturated heterocycles. The maximum Gasteiger partial charge on any atom is 0.252 e.